The summed E-state index contributed by atoms with van der Waals surface area (Å²) in [5, 5.41) is 10.5. The second-order valence-corrected chi connectivity index (χ2v) is 13.9. The fraction of sp³-hybridized carbons (Fsp3) is 0.875. The lowest BCUT2D eigenvalue weighted by Gasteiger charge is -2.24. The van der Waals surface area contributed by atoms with Gasteiger partial charge < -0.3 is 10.8 Å². The second kappa shape index (κ2) is 30.5. The number of hydrogen-bond acceptors (Lipinski definition) is 4. The van der Waals surface area contributed by atoms with Crippen LogP contribution in [-0.2, 0) is 13.1 Å². The van der Waals surface area contributed by atoms with Crippen molar-refractivity contribution in [3.05, 3.63) is 23.0 Å². The van der Waals surface area contributed by atoms with Crippen LogP contribution in [0.1, 0.15) is 210 Å². The normalized spacial score (nSPS) is 11.7. The fourth-order valence-corrected chi connectivity index (χ4v) is 6.62. The number of hydrogen-bond donors (Lipinski definition) is 2. The summed E-state index contributed by atoms with van der Waals surface area (Å²) in [6.45, 7) is 9.94. The Kier molecular flexibility index (Phi) is 28.4. The highest BCUT2D eigenvalue weighted by atomic mass is 16.3. The number of rotatable bonds is 33. The van der Waals surface area contributed by atoms with Crippen molar-refractivity contribution in [3.8, 4) is 5.75 Å². The van der Waals surface area contributed by atoms with Gasteiger partial charge in [0.05, 0.1) is 5.69 Å². The molecular formula is C40H77N3O. The van der Waals surface area contributed by atoms with Crippen molar-refractivity contribution in [2.24, 2.45) is 5.73 Å². The first-order chi connectivity index (χ1) is 21.6. The molecule has 0 fully saturated rings. The maximum absolute atomic E-state index is 10.5. The number of aryl methyl sites for hydroxylation is 1. The Hall–Kier alpha value is -1.13. The van der Waals surface area contributed by atoms with E-state index >= 15 is 0 Å². The highest BCUT2D eigenvalue weighted by Gasteiger charge is 2.14. The predicted molar refractivity (Wildman–Crippen MR) is 194 cm³/mol. The number of aromatic hydroxyl groups is 1. The molecular weight excluding hydrogens is 538 g/mol. The van der Waals surface area contributed by atoms with Crippen LogP contribution in [0.5, 0.6) is 5.75 Å². The summed E-state index contributed by atoms with van der Waals surface area (Å²) in [4.78, 5) is 7.06. The summed E-state index contributed by atoms with van der Waals surface area (Å²) in [6.07, 6.45) is 41.1. The van der Waals surface area contributed by atoms with Gasteiger partial charge in [0.15, 0.2) is 0 Å². The molecule has 0 aliphatic carbocycles. The van der Waals surface area contributed by atoms with Gasteiger partial charge in [-0.05, 0) is 38.4 Å². The summed E-state index contributed by atoms with van der Waals surface area (Å²) in [5.74, 6) is 0.290. The first kappa shape index (κ1) is 40.9. The van der Waals surface area contributed by atoms with E-state index < -0.39 is 0 Å². The van der Waals surface area contributed by atoms with Gasteiger partial charge in [-0.25, -0.2) is 0 Å². The molecule has 258 valence electrons. The van der Waals surface area contributed by atoms with E-state index in [1.54, 1.807) is 0 Å². The van der Waals surface area contributed by atoms with Crippen molar-refractivity contribution in [1.82, 2.24) is 9.88 Å². The molecule has 0 spiro atoms. The van der Waals surface area contributed by atoms with Crippen molar-refractivity contribution >= 4 is 0 Å². The molecule has 0 unspecified atom stereocenters. The summed E-state index contributed by atoms with van der Waals surface area (Å²) < 4.78 is 0. The molecule has 0 saturated carbocycles. The minimum atomic E-state index is 0.290. The Morgan fingerprint density at radius 2 is 0.864 bits per heavy atom. The first-order valence-corrected chi connectivity index (χ1v) is 19.7. The van der Waals surface area contributed by atoms with E-state index in [-0.39, 0.29) is 5.75 Å². The van der Waals surface area contributed by atoms with Crippen LogP contribution in [0, 0.1) is 6.92 Å². The molecule has 0 amide bonds. The van der Waals surface area contributed by atoms with Gasteiger partial charge in [0.25, 0.3) is 0 Å². The highest BCUT2D eigenvalue weighted by Crippen LogP contribution is 2.25. The molecule has 1 aromatic rings. The van der Waals surface area contributed by atoms with Crippen molar-refractivity contribution in [1.29, 1.82) is 0 Å². The fourth-order valence-electron chi connectivity index (χ4n) is 6.62. The third kappa shape index (κ3) is 22.4. The Labute approximate surface area is 275 Å². The standard InChI is InChI=1S/C40H77N3O/c1-4-6-8-10-12-14-16-18-20-22-24-26-28-30-32-43(36-38-35-42-37(3)40(44)39(38)34-41)33-31-29-27-25-23-21-19-17-15-13-11-9-7-5-2/h35,44H,4-34,36,41H2,1-3H3. The number of unbranched alkanes of at least 4 members (excludes halogenated alkanes) is 26. The van der Waals surface area contributed by atoms with E-state index in [0.29, 0.717) is 12.2 Å². The molecule has 0 aromatic carbocycles. The number of nitrogens with zero attached hydrogens (tertiary/aromatic N) is 2. The van der Waals surface area contributed by atoms with Crippen molar-refractivity contribution in [2.45, 2.75) is 214 Å². The minimum Gasteiger partial charge on any atom is -0.506 e. The topological polar surface area (TPSA) is 62.4 Å². The number of aromatic nitrogens is 1. The molecule has 1 rings (SSSR count). The quantitative estimate of drug-likeness (QED) is 0.0772. The third-order valence-electron chi connectivity index (χ3n) is 9.68. The van der Waals surface area contributed by atoms with Gasteiger partial charge in [0, 0.05) is 24.8 Å². The molecule has 0 bridgehead atoms. The molecule has 0 aliphatic heterocycles. The maximum atomic E-state index is 10.5. The van der Waals surface area contributed by atoms with Crippen LogP contribution in [0.25, 0.3) is 0 Å². The van der Waals surface area contributed by atoms with Crippen molar-refractivity contribution in [3.63, 3.8) is 0 Å². The van der Waals surface area contributed by atoms with E-state index in [1.165, 1.54) is 180 Å². The van der Waals surface area contributed by atoms with Crippen molar-refractivity contribution in [2.75, 3.05) is 13.1 Å². The van der Waals surface area contributed by atoms with Gasteiger partial charge in [-0.3, -0.25) is 9.88 Å². The molecule has 4 nitrogen and oxygen atoms in total. The first-order valence-electron chi connectivity index (χ1n) is 19.7. The summed E-state index contributed by atoms with van der Waals surface area (Å²) >= 11 is 0. The lowest BCUT2D eigenvalue weighted by molar-refractivity contribution is 0.250. The van der Waals surface area contributed by atoms with E-state index in [2.05, 4.69) is 23.7 Å². The molecule has 0 saturated heterocycles. The summed E-state index contributed by atoms with van der Waals surface area (Å²) in [7, 11) is 0. The molecule has 0 aliphatic rings. The lowest BCUT2D eigenvalue weighted by Crippen LogP contribution is -2.26. The van der Waals surface area contributed by atoms with Crippen molar-refractivity contribution < 1.29 is 5.11 Å². The van der Waals surface area contributed by atoms with Gasteiger partial charge >= 0.3 is 0 Å². The van der Waals surface area contributed by atoms with Crippen LogP contribution in [0.15, 0.2) is 6.20 Å². The van der Waals surface area contributed by atoms with Crippen LogP contribution in [0.4, 0.5) is 0 Å². The summed E-state index contributed by atoms with van der Waals surface area (Å²) in [5.41, 5.74) is 8.71. The van der Waals surface area contributed by atoms with E-state index in [0.717, 1.165) is 30.8 Å². The Balaban J connectivity index is 2.24. The second-order valence-electron chi connectivity index (χ2n) is 13.9. The largest absolute Gasteiger partial charge is 0.506 e. The van der Waals surface area contributed by atoms with Gasteiger partial charge in [-0.15, -0.1) is 0 Å². The Morgan fingerprint density at radius 3 is 1.18 bits per heavy atom. The number of pyridine rings is 1. The molecule has 0 radical (unpaired) electrons. The third-order valence-corrected chi connectivity index (χ3v) is 9.68. The van der Waals surface area contributed by atoms with E-state index in [1.807, 2.05) is 13.1 Å². The van der Waals surface area contributed by atoms with Gasteiger partial charge in [-0.1, -0.05) is 181 Å². The zero-order valence-corrected chi connectivity index (χ0v) is 30.1. The van der Waals surface area contributed by atoms with Crippen LogP contribution in [0.2, 0.25) is 0 Å². The van der Waals surface area contributed by atoms with Gasteiger partial charge in [-0.2, -0.15) is 0 Å². The molecule has 1 aromatic heterocycles. The zero-order valence-electron chi connectivity index (χ0n) is 30.1. The van der Waals surface area contributed by atoms with Gasteiger partial charge in [0.1, 0.15) is 5.75 Å². The molecule has 0 atom stereocenters. The number of nitrogens with two attached hydrogens (primary N) is 1. The minimum absolute atomic E-state index is 0.290. The molecule has 44 heavy (non-hydrogen) atoms. The smallest absolute Gasteiger partial charge is 0.141 e. The Morgan fingerprint density at radius 1 is 0.545 bits per heavy atom. The predicted octanol–water partition coefficient (Wildman–Crippen LogP) is 12.3. The highest BCUT2D eigenvalue weighted by molar-refractivity contribution is 5.40. The van der Waals surface area contributed by atoms with Crippen LogP contribution >= 0.6 is 0 Å². The average molecular weight is 616 g/mol. The van der Waals surface area contributed by atoms with Crippen LogP contribution in [-0.4, -0.2) is 28.1 Å². The monoisotopic (exact) mass is 616 g/mol. The van der Waals surface area contributed by atoms with Crippen LogP contribution in [0.3, 0.4) is 0 Å². The molecule has 3 N–H and O–H groups in total. The van der Waals surface area contributed by atoms with Crippen LogP contribution < -0.4 is 5.73 Å². The SMILES string of the molecule is CCCCCCCCCCCCCCCCN(CCCCCCCCCCCCCCCC)Cc1cnc(C)c(O)c1CN. The van der Waals surface area contributed by atoms with Gasteiger partial charge in [0.2, 0.25) is 0 Å². The maximum Gasteiger partial charge on any atom is 0.141 e. The van der Waals surface area contributed by atoms with E-state index in [4.69, 9.17) is 5.73 Å². The zero-order chi connectivity index (χ0) is 31.9. The Bertz CT molecular complexity index is 720. The average Bonchev–Trinajstić information content (AvgIpc) is 3.03. The molecule has 4 heteroatoms. The van der Waals surface area contributed by atoms with E-state index in [9.17, 15) is 5.11 Å². The molecule has 1 heterocycles. The summed E-state index contributed by atoms with van der Waals surface area (Å²) in [6, 6.07) is 0. The lowest BCUT2D eigenvalue weighted by atomic mass is 10.0.